The largest absolute Gasteiger partial charge is 0.469 e. The third kappa shape index (κ3) is 13.3. The molecular weight excluding hydrogens is 767 g/mol. The van der Waals surface area contributed by atoms with E-state index in [9.17, 15) is 23.6 Å². The maximum Gasteiger partial charge on any atom is 0.308 e. The second-order valence-corrected chi connectivity index (χ2v) is 15.4. The van der Waals surface area contributed by atoms with Gasteiger partial charge in [0.2, 0.25) is 5.91 Å². The third-order valence-corrected chi connectivity index (χ3v) is 9.96. The molecule has 2 fully saturated rings. The van der Waals surface area contributed by atoms with E-state index in [1.807, 2.05) is 40.7 Å². The molecule has 2 saturated carbocycles. The van der Waals surface area contributed by atoms with Crippen molar-refractivity contribution in [2.75, 3.05) is 29.6 Å². The van der Waals surface area contributed by atoms with Crippen LogP contribution >= 0.6 is 11.6 Å². The normalized spacial score (nSPS) is 18.8. The number of methoxy groups -OCH3 is 1. The molecule has 3 aromatic heterocycles. The molecule has 0 bridgehead atoms. The SMILES string of the molecule is CCNC(=O)C1CCC(NC(=O)c2cnc(Nc3ncc(C#N)cc3F)cc2NC(C)C)CC1.COC(=O)C1CCC(NC(=O)c2cnc(Cl)cc2NC(C)C)CC1. The van der Waals surface area contributed by atoms with E-state index in [2.05, 4.69) is 46.9 Å². The van der Waals surface area contributed by atoms with Crippen LogP contribution in [0.3, 0.4) is 0 Å². The summed E-state index contributed by atoms with van der Waals surface area (Å²) in [5.41, 5.74) is 2.19. The molecule has 3 amide bonds. The van der Waals surface area contributed by atoms with Gasteiger partial charge in [0.05, 0.1) is 41.1 Å². The number of hydrogen-bond donors (Lipinski definition) is 6. The molecule has 312 valence electrons. The van der Waals surface area contributed by atoms with Crippen molar-refractivity contribution in [1.82, 2.24) is 30.9 Å². The Morgan fingerprint density at radius 2 is 1.34 bits per heavy atom. The molecule has 0 unspecified atom stereocenters. The molecule has 3 heterocycles. The summed E-state index contributed by atoms with van der Waals surface area (Å²) in [6.45, 7) is 10.4. The maximum atomic E-state index is 14.2. The molecule has 0 atom stereocenters. The van der Waals surface area contributed by atoms with Crippen molar-refractivity contribution in [2.24, 2.45) is 11.8 Å². The first-order chi connectivity index (χ1) is 27.7. The topological polar surface area (TPSA) is 212 Å². The van der Waals surface area contributed by atoms with Crippen molar-refractivity contribution >= 4 is 58.3 Å². The molecule has 0 spiro atoms. The van der Waals surface area contributed by atoms with Gasteiger partial charge in [-0.3, -0.25) is 19.2 Å². The number of carbonyl (C=O) groups is 4. The molecule has 6 N–H and O–H groups in total. The number of nitriles is 1. The summed E-state index contributed by atoms with van der Waals surface area (Å²) in [6, 6.07) is 6.46. The molecule has 5 rings (SSSR count). The molecule has 0 aromatic carbocycles. The molecule has 15 nitrogen and oxygen atoms in total. The molecule has 3 aromatic rings. The number of carbonyl (C=O) groups excluding carboxylic acids is 4. The van der Waals surface area contributed by atoms with Crippen LogP contribution in [-0.4, -0.2) is 76.5 Å². The van der Waals surface area contributed by atoms with E-state index in [0.717, 1.165) is 57.4 Å². The number of nitrogens with zero attached hydrogens (tertiary/aromatic N) is 4. The van der Waals surface area contributed by atoms with E-state index < -0.39 is 5.82 Å². The first-order valence-corrected chi connectivity index (χ1v) is 20.1. The van der Waals surface area contributed by atoms with Gasteiger partial charge in [0.15, 0.2) is 11.6 Å². The summed E-state index contributed by atoms with van der Waals surface area (Å²) in [6.07, 6.45) is 10.1. The van der Waals surface area contributed by atoms with Crippen LogP contribution in [0.4, 0.5) is 27.4 Å². The number of rotatable bonds is 13. The Hall–Kier alpha value is -5.56. The van der Waals surface area contributed by atoms with Crippen LogP contribution in [0.2, 0.25) is 5.15 Å². The predicted octanol–water partition coefficient (Wildman–Crippen LogP) is 6.49. The lowest BCUT2D eigenvalue weighted by Crippen LogP contribution is -2.41. The van der Waals surface area contributed by atoms with Gasteiger partial charge in [0.1, 0.15) is 17.0 Å². The lowest BCUT2D eigenvalue weighted by atomic mass is 9.85. The standard InChI is InChI=1S/C24H30FN7O2.C17H24ClN3O3/c1-4-27-23(33)16-5-7-17(8-6-16)31-24(34)18-13-28-21(10-20(18)30-14(2)3)32-22-19(25)9-15(11-26)12-29-22;1-10(2)20-14-8-15(18)19-9-13(14)16(22)21-12-6-4-11(5-7-12)17(23)24-3/h9-10,12-14,16-17H,4-8H2,1-3H3,(H,27,33)(H,31,34)(H2,28,29,30,32);8-12H,4-7H2,1-3H3,(H,19,20)(H,21,22). The highest BCUT2D eigenvalue weighted by atomic mass is 35.5. The quantitative estimate of drug-likeness (QED) is 0.0807. The summed E-state index contributed by atoms with van der Waals surface area (Å²) in [5, 5.41) is 27.4. The number of pyridine rings is 3. The number of amides is 3. The Morgan fingerprint density at radius 3 is 1.84 bits per heavy atom. The van der Waals surface area contributed by atoms with E-state index in [0.29, 0.717) is 40.0 Å². The zero-order chi connectivity index (χ0) is 42.4. The van der Waals surface area contributed by atoms with Gasteiger partial charge < -0.3 is 36.6 Å². The monoisotopic (exact) mass is 820 g/mol. The van der Waals surface area contributed by atoms with Gasteiger partial charge in [-0.25, -0.2) is 19.3 Å². The van der Waals surface area contributed by atoms with Gasteiger partial charge in [-0.1, -0.05) is 11.6 Å². The van der Waals surface area contributed by atoms with Crippen molar-refractivity contribution in [3.05, 3.63) is 64.5 Å². The Kier molecular flexibility index (Phi) is 17.0. The number of anilines is 4. The van der Waals surface area contributed by atoms with Crippen molar-refractivity contribution in [2.45, 2.75) is 110 Å². The van der Waals surface area contributed by atoms with Gasteiger partial charge >= 0.3 is 5.97 Å². The van der Waals surface area contributed by atoms with E-state index in [4.69, 9.17) is 21.6 Å². The van der Waals surface area contributed by atoms with Crippen LogP contribution in [0, 0.1) is 29.0 Å². The smallest absolute Gasteiger partial charge is 0.308 e. The number of ether oxygens (including phenoxy) is 1. The number of halogens is 2. The molecule has 0 aliphatic heterocycles. The van der Waals surface area contributed by atoms with Crippen molar-refractivity contribution in [1.29, 1.82) is 5.26 Å². The number of aromatic nitrogens is 3. The van der Waals surface area contributed by atoms with Crippen LogP contribution in [0.25, 0.3) is 0 Å². The highest BCUT2D eigenvalue weighted by molar-refractivity contribution is 6.29. The van der Waals surface area contributed by atoms with Gasteiger partial charge in [0.25, 0.3) is 11.8 Å². The van der Waals surface area contributed by atoms with Crippen molar-refractivity contribution < 1.29 is 28.3 Å². The molecule has 2 aliphatic rings. The molecule has 17 heteroatoms. The number of hydrogen-bond acceptors (Lipinski definition) is 12. The molecule has 0 saturated heterocycles. The van der Waals surface area contributed by atoms with Crippen molar-refractivity contribution in [3.63, 3.8) is 0 Å². The summed E-state index contributed by atoms with van der Waals surface area (Å²) >= 11 is 5.93. The summed E-state index contributed by atoms with van der Waals surface area (Å²) in [5.74, 6) is -1.02. The summed E-state index contributed by atoms with van der Waals surface area (Å²) in [4.78, 5) is 61.4. The zero-order valence-electron chi connectivity index (χ0n) is 33.9. The fraction of sp³-hybridized carbons (Fsp3) is 0.512. The zero-order valence-corrected chi connectivity index (χ0v) is 34.6. The minimum Gasteiger partial charge on any atom is -0.469 e. The molecule has 0 radical (unpaired) electrons. The predicted molar refractivity (Wildman–Crippen MR) is 220 cm³/mol. The number of esters is 1. The van der Waals surface area contributed by atoms with Crippen LogP contribution < -0.4 is 31.9 Å². The number of nitrogens with one attached hydrogen (secondary N) is 6. The Morgan fingerprint density at radius 1 is 0.810 bits per heavy atom. The molecule has 2 aliphatic carbocycles. The fourth-order valence-corrected chi connectivity index (χ4v) is 7.03. The minimum absolute atomic E-state index is 0.00507. The van der Waals surface area contributed by atoms with Gasteiger partial charge in [0, 0.05) is 61.3 Å². The summed E-state index contributed by atoms with van der Waals surface area (Å²) in [7, 11) is 1.41. The molecular formula is C41H54ClFN10O5. The van der Waals surface area contributed by atoms with Gasteiger partial charge in [-0.05, 0) is 98.1 Å². The van der Waals surface area contributed by atoms with E-state index in [1.165, 1.54) is 25.7 Å². The average Bonchev–Trinajstić information content (AvgIpc) is 3.19. The van der Waals surface area contributed by atoms with E-state index >= 15 is 0 Å². The highest BCUT2D eigenvalue weighted by Crippen LogP contribution is 2.28. The lowest BCUT2D eigenvalue weighted by Gasteiger charge is -2.28. The second-order valence-electron chi connectivity index (χ2n) is 15.0. The third-order valence-electron chi connectivity index (χ3n) is 9.75. The first kappa shape index (κ1) is 45.1. The summed E-state index contributed by atoms with van der Waals surface area (Å²) < 4.78 is 19.0. The van der Waals surface area contributed by atoms with Crippen LogP contribution in [-0.2, 0) is 14.3 Å². The Labute approximate surface area is 344 Å². The first-order valence-electron chi connectivity index (χ1n) is 19.7. The van der Waals surface area contributed by atoms with E-state index in [1.54, 1.807) is 12.1 Å². The Balaban J connectivity index is 0.000000273. The van der Waals surface area contributed by atoms with Crippen LogP contribution in [0.15, 0.2) is 36.8 Å². The fourth-order valence-electron chi connectivity index (χ4n) is 6.87. The second kappa shape index (κ2) is 21.8. The van der Waals surface area contributed by atoms with Crippen molar-refractivity contribution in [3.8, 4) is 6.07 Å². The maximum absolute atomic E-state index is 14.2. The van der Waals surface area contributed by atoms with Crippen LogP contribution in [0.5, 0.6) is 0 Å². The van der Waals surface area contributed by atoms with Gasteiger partial charge in [-0.15, -0.1) is 0 Å². The van der Waals surface area contributed by atoms with Crippen LogP contribution in [0.1, 0.15) is 112 Å². The highest BCUT2D eigenvalue weighted by Gasteiger charge is 2.29. The van der Waals surface area contributed by atoms with Gasteiger partial charge in [-0.2, -0.15) is 5.26 Å². The van der Waals surface area contributed by atoms with E-state index in [-0.39, 0.29) is 71.1 Å². The Bertz CT molecular complexity index is 1940. The average molecular weight is 821 g/mol. The molecule has 58 heavy (non-hydrogen) atoms. The minimum atomic E-state index is -0.677. The lowest BCUT2D eigenvalue weighted by molar-refractivity contribution is -0.146.